The third-order valence-corrected chi connectivity index (χ3v) is 2.81. The van der Waals surface area contributed by atoms with E-state index < -0.39 is 0 Å². The average Bonchev–Trinajstić information content (AvgIpc) is 1.99. The monoisotopic (exact) mass is 202 g/mol. The zero-order valence-corrected chi connectivity index (χ0v) is 11.2. The van der Waals surface area contributed by atoms with Gasteiger partial charge in [0.2, 0.25) is 0 Å². The standard InChI is InChI=1S/C14H23B/c1-13(2,3)10-7-11(14(4,5)6)9-12(15)8-10/h7-9H,15H2,1-6H3. The molecule has 0 heterocycles. The van der Waals surface area contributed by atoms with Crippen LogP contribution in [-0.2, 0) is 10.8 Å². The highest BCUT2D eigenvalue weighted by molar-refractivity contribution is 6.32. The molecule has 0 amide bonds. The van der Waals surface area contributed by atoms with Gasteiger partial charge in [0, 0.05) is 0 Å². The van der Waals surface area contributed by atoms with Crippen LogP contribution >= 0.6 is 0 Å². The molecule has 0 N–H and O–H groups in total. The van der Waals surface area contributed by atoms with E-state index in [0.29, 0.717) is 0 Å². The predicted molar refractivity (Wildman–Crippen MR) is 72.0 cm³/mol. The van der Waals surface area contributed by atoms with Crippen molar-refractivity contribution < 1.29 is 0 Å². The molecule has 0 bridgehead atoms. The van der Waals surface area contributed by atoms with Gasteiger partial charge in [-0.2, -0.15) is 0 Å². The summed E-state index contributed by atoms with van der Waals surface area (Å²) < 4.78 is 0. The molecule has 1 rings (SSSR count). The third kappa shape index (κ3) is 3.12. The molecule has 0 spiro atoms. The fourth-order valence-electron chi connectivity index (χ4n) is 1.65. The van der Waals surface area contributed by atoms with Gasteiger partial charge in [0.15, 0.2) is 0 Å². The summed E-state index contributed by atoms with van der Waals surface area (Å²) in [6.07, 6.45) is 0. The molecule has 0 saturated carbocycles. The molecule has 0 radical (unpaired) electrons. The van der Waals surface area contributed by atoms with Crippen molar-refractivity contribution in [2.45, 2.75) is 52.4 Å². The highest BCUT2D eigenvalue weighted by Crippen LogP contribution is 2.27. The molecule has 82 valence electrons. The molecule has 0 aliphatic carbocycles. The van der Waals surface area contributed by atoms with Crippen molar-refractivity contribution >= 4 is 13.3 Å². The Morgan fingerprint density at radius 1 is 0.733 bits per heavy atom. The second kappa shape index (κ2) is 3.70. The van der Waals surface area contributed by atoms with Crippen LogP contribution in [0.15, 0.2) is 18.2 Å². The summed E-state index contributed by atoms with van der Waals surface area (Å²) in [6, 6.07) is 6.96. The summed E-state index contributed by atoms with van der Waals surface area (Å²) in [6.45, 7) is 13.6. The predicted octanol–water partition coefficient (Wildman–Crippen LogP) is 2.54. The van der Waals surface area contributed by atoms with Crippen molar-refractivity contribution in [3.63, 3.8) is 0 Å². The molecule has 0 unspecified atom stereocenters. The molecule has 0 atom stereocenters. The van der Waals surface area contributed by atoms with Crippen molar-refractivity contribution in [1.82, 2.24) is 0 Å². The van der Waals surface area contributed by atoms with Gasteiger partial charge >= 0.3 is 0 Å². The molecule has 1 heteroatoms. The number of hydrogen-bond acceptors (Lipinski definition) is 0. The SMILES string of the molecule is Bc1cc(C(C)(C)C)cc(C(C)(C)C)c1. The van der Waals surface area contributed by atoms with Crippen molar-refractivity contribution in [1.29, 1.82) is 0 Å². The van der Waals surface area contributed by atoms with Crippen molar-refractivity contribution in [3.05, 3.63) is 29.3 Å². The van der Waals surface area contributed by atoms with Gasteiger partial charge in [-0.05, 0) is 22.0 Å². The molecule has 0 aliphatic heterocycles. The molecule has 0 aromatic heterocycles. The van der Waals surface area contributed by atoms with Crippen molar-refractivity contribution in [2.24, 2.45) is 0 Å². The van der Waals surface area contributed by atoms with Gasteiger partial charge in [0.05, 0.1) is 0 Å². The fraction of sp³-hybridized carbons (Fsp3) is 0.571. The zero-order chi connectivity index (χ0) is 11.9. The van der Waals surface area contributed by atoms with Gasteiger partial charge in [0.1, 0.15) is 7.85 Å². The van der Waals surface area contributed by atoms with E-state index in [1.807, 2.05) is 0 Å². The second-order valence-electron chi connectivity index (χ2n) is 6.59. The number of rotatable bonds is 0. The van der Waals surface area contributed by atoms with Gasteiger partial charge in [-0.25, -0.2) is 0 Å². The van der Waals surface area contributed by atoms with E-state index in [-0.39, 0.29) is 10.8 Å². The van der Waals surface area contributed by atoms with Crippen LogP contribution in [0.5, 0.6) is 0 Å². The van der Waals surface area contributed by atoms with Crippen LogP contribution in [0, 0.1) is 0 Å². The highest BCUT2D eigenvalue weighted by Gasteiger charge is 2.19. The average molecular weight is 202 g/mol. The molecule has 0 fully saturated rings. The molecule has 15 heavy (non-hydrogen) atoms. The highest BCUT2D eigenvalue weighted by atomic mass is 14.2. The molecule has 0 nitrogen and oxygen atoms in total. The van der Waals surface area contributed by atoms with Gasteiger partial charge in [-0.3, -0.25) is 0 Å². The summed E-state index contributed by atoms with van der Waals surface area (Å²) in [5.74, 6) is 0. The van der Waals surface area contributed by atoms with Crippen LogP contribution < -0.4 is 5.46 Å². The normalized spacial score (nSPS) is 12.9. The Balaban J connectivity index is 3.30. The maximum absolute atomic E-state index is 2.35. The zero-order valence-electron chi connectivity index (χ0n) is 11.2. The number of benzene rings is 1. The minimum atomic E-state index is 0.242. The Bertz CT molecular complexity index is 318. The molecule has 0 saturated heterocycles. The van der Waals surface area contributed by atoms with Crippen molar-refractivity contribution in [3.8, 4) is 0 Å². The van der Waals surface area contributed by atoms with Crippen LogP contribution in [-0.4, -0.2) is 7.85 Å². The second-order valence-corrected chi connectivity index (χ2v) is 6.59. The van der Waals surface area contributed by atoms with E-state index in [0.717, 1.165) is 0 Å². The Morgan fingerprint density at radius 2 is 1.07 bits per heavy atom. The maximum Gasteiger partial charge on any atom is 0.139 e. The van der Waals surface area contributed by atoms with Crippen LogP contribution in [0.4, 0.5) is 0 Å². The molecular weight excluding hydrogens is 179 g/mol. The molecule has 1 aromatic carbocycles. The Kier molecular flexibility index (Phi) is 3.05. The first-order valence-electron chi connectivity index (χ1n) is 5.73. The summed E-state index contributed by atoms with van der Waals surface area (Å²) >= 11 is 0. The molecular formula is C14H23B. The summed E-state index contributed by atoms with van der Waals surface area (Å²) in [7, 11) is 2.18. The summed E-state index contributed by atoms with van der Waals surface area (Å²) in [4.78, 5) is 0. The lowest BCUT2D eigenvalue weighted by molar-refractivity contribution is 0.569. The van der Waals surface area contributed by atoms with E-state index in [9.17, 15) is 0 Å². The smallest absolute Gasteiger partial charge is 0.0884 e. The lowest BCUT2D eigenvalue weighted by atomic mass is 9.77. The third-order valence-electron chi connectivity index (χ3n) is 2.81. The van der Waals surface area contributed by atoms with E-state index in [1.54, 1.807) is 0 Å². The first-order chi connectivity index (χ1) is 6.60. The van der Waals surface area contributed by atoms with Crippen molar-refractivity contribution in [2.75, 3.05) is 0 Å². The Morgan fingerprint density at radius 3 is 1.33 bits per heavy atom. The van der Waals surface area contributed by atoms with Crippen LogP contribution in [0.2, 0.25) is 0 Å². The quantitative estimate of drug-likeness (QED) is 0.567. The molecule has 0 aliphatic rings. The summed E-state index contributed by atoms with van der Waals surface area (Å²) in [5, 5.41) is 0. The fourth-order valence-corrected chi connectivity index (χ4v) is 1.65. The lowest BCUT2D eigenvalue weighted by Gasteiger charge is -2.25. The van der Waals surface area contributed by atoms with Gasteiger partial charge in [-0.15, -0.1) is 0 Å². The van der Waals surface area contributed by atoms with Crippen LogP contribution in [0.1, 0.15) is 52.7 Å². The molecule has 1 aromatic rings. The van der Waals surface area contributed by atoms with E-state index >= 15 is 0 Å². The topological polar surface area (TPSA) is 0 Å². The Labute approximate surface area is 95.5 Å². The van der Waals surface area contributed by atoms with E-state index in [2.05, 4.69) is 67.6 Å². The first kappa shape index (κ1) is 12.4. The van der Waals surface area contributed by atoms with Gasteiger partial charge in [-0.1, -0.05) is 65.2 Å². The van der Waals surface area contributed by atoms with E-state index in [1.165, 1.54) is 16.6 Å². The minimum absolute atomic E-state index is 0.242. The van der Waals surface area contributed by atoms with Crippen LogP contribution in [0.3, 0.4) is 0 Å². The van der Waals surface area contributed by atoms with Gasteiger partial charge in [0.25, 0.3) is 0 Å². The lowest BCUT2D eigenvalue weighted by Crippen LogP contribution is -2.20. The summed E-state index contributed by atoms with van der Waals surface area (Å²) in [5.41, 5.74) is 4.73. The van der Waals surface area contributed by atoms with Crippen LogP contribution in [0.25, 0.3) is 0 Å². The largest absolute Gasteiger partial charge is 0.139 e. The maximum atomic E-state index is 2.35. The Hall–Kier alpha value is -0.715. The number of hydrogen-bond donors (Lipinski definition) is 0. The van der Waals surface area contributed by atoms with Gasteiger partial charge < -0.3 is 0 Å². The van der Waals surface area contributed by atoms with E-state index in [4.69, 9.17) is 0 Å². The first-order valence-corrected chi connectivity index (χ1v) is 5.73. The minimum Gasteiger partial charge on any atom is -0.0884 e.